The number of benzene rings is 3. The van der Waals surface area contributed by atoms with Gasteiger partial charge in [0.05, 0.1) is 34.8 Å². The van der Waals surface area contributed by atoms with Crippen LogP contribution in [0.25, 0.3) is 5.69 Å². The highest BCUT2D eigenvalue weighted by molar-refractivity contribution is 5.99. The molecule has 0 bridgehead atoms. The van der Waals surface area contributed by atoms with Crippen LogP contribution in [-0.4, -0.2) is 33.8 Å². The van der Waals surface area contributed by atoms with Crippen LogP contribution in [-0.2, 0) is 17.5 Å². The minimum absolute atomic E-state index is 0.0186. The molecule has 0 aliphatic carbocycles. The third-order valence-corrected chi connectivity index (χ3v) is 5.49. The number of ether oxygens (including phenoxy) is 1. The lowest BCUT2D eigenvalue weighted by Crippen LogP contribution is -2.48. The standard InChI is InChI=1S/C27H20F3N5O3/c1-33(25(36)24-14-15-32-34(24)22-12-10-19(17-31)11-13-22)35(23-9-5-8-21(16-23)27(28,29)30)26(37)38-18-20-6-3-2-4-7-20/h2-16H,18H2,1H3. The van der Waals surface area contributed by atoms with Crippen LogP contribution in [0.4, 0.5) is 23.7 Å². The minimum Gasteiger partial charge on any atom is -0.443 e. The Morgan fingerprint density at radius 2 is 1.71 bits per heavy atom. The zero-order valence-corrected chi connectivity index (χ0v) is 20.0. The van der Waals surface area contributed by atoms with Crippen LogP contribution in [0.1, 0.15) is 27.2 Å². The predicted molar refractivity (Wildman–Crippen MR) is 131 cm³/mol. The summed E-state index contributed by atoms with van der Waals surface area (Å²) in [5.41, 5.74) is 0.311. The van der Waals surface area contributed by atoms with Crippen molar-refractivity contribution < 1.29 is 27.5 Å². The zero-order chi connectivity index (χ0) is 27.3. The first-order valence-corrected chi connectivity index (χ1v) is 11.2. The molecule has 0 saturated heterocycles. The van der Waals surface area contributed by atoms with Gasteiger partial charge in [-0.15, -0.1) is 0 Å². The average Bonchev–Trinajstić information content (AvgIpc) is 3.42. The van der Waals surface area contributed by atoms with E-state index in [0.29, 0.717) is 16.8 Å². The molecule has 192 valence electrons. The number of nitrogens with zero attached hydrogens (tertiary/aromatic N) is 5. The van der Waals surface area contributed by atoms with Gasteiger partial charge in [-0.25, -0.2) is 14.5 Å². The molecule has 3 aromatic carbocycles. The second-order valence-electron chi connectivity index (χ2n) is 8.02. The Bertz CT molecular complexity index is 1480. The zero-order valence-electron chi connectivity index (χ0n) is 20.0. The molecule has 0 fully saturated rings. The van der Waals surface area contributed by atoms with Crippen molar-refractivity contribution in [2.45, 2.75) is 12.8 Å². The molecule has 4 aromatic rings. The van der Waals surface area contributed by atoms with Crippen molar-refractivity contribution in [3.63, 3.8) is 0 Å². The van der Waals surface area contributed by atoms with Gasteiger partial charge >= 0.3 is 12.3 Å². The van der Waals surface area contributed by atoms with E-state index in [0.717, 1.165) is 28.2 Å². The van der Waals surface area contributed by atoms with Crippen molar-refractivity contribution in [2.24, 2.45) is 0 Å². The quantitative estimate of drug-likeness (QED) is 0.321. The highest BCUT2D eigenvalue weighted by Gasteiger charge is 2.34. The number of hydrazine groups is 1. The van der Waals surface area contributed by atoms with Gasteiger partial charge in [0.2, 0.25) is 0 Å². The van der Waals surface area contributed by atoms with Crippen molar-refractivity contribution in [1.29, 1.82) is 5.26 Å². The number of aromatic nitrogens is 2. The molecule has 1 heterocycles. The number of hydrogen-bond donors (Lipinski definition) is 0. The van der Waals surface area contributed by atoms with Gasteiger partial charge in [-0.05, 0) is 54.1 Å². The van der Waals surface area contributed by atoms with Crippen molar-refractivity contribution in [1.82, 2.24) is 14.8 Å². The van der Waals surface area contributed by atoms with E-state index in [2.05, 4.69) is 5.10 Å². The largest absolute Gasteiger partial charge is 0.443 e. The second-order valence-corrected chi connectivity index (χ2v) is 8.02. The summed E-state index contributed by atoms with van der Waals surface area (Å²) in [4.78, 5) is 26.7. The monoisotopic (exact) mass is 519 g/mol. The molecule has 0 atom stereocenters. The lowest BCUT2D eigenvalue weighted by atomic mass is 10.2. The fraction of sp³-hybridized carbons (Fsp3) is 0.111. The van der Waals surface area contributed by atoms with Gasteiger partial charge in [0.1, 0.15) is 12.3 Å². The summed E-state index contributed by atoms with van der Waals surface area (Å²) in [6.07, 6.45) is -4.37. The summed E-state index contributed by atoms with van der Waals surface area (Å²) >= 11 is 0. The molecule has 38 heavy (non-hydrogen) atoms. The second kappa shape index (κ2) is 10.9. The number of halogens is 3. The van der Waals surface area contributed by atoms with E-state index in [-0.39, 0.29) is 18.0 Å². The molecule has 4 rings (SSSR count). The first kappa shape index (κ1) is 26.0. The molecule has 0 spiro atoms. The number of amides is 2. The lowest BCUT2D eigenvalue weighted by Gasteiger charge is -2.31. The van der Waals surface area contributed by atoms with Crippen LogP contribution in [0.5, 0.6) is 0 Å². The highest BCUT2D eigenvalue weighted by atomic mass is 19.4. The van der Waals surface area contributed by atoms with E-state index in [1.165, 1.54) is 30.1 Å². The third kappa shape index (κ3) is 5.65. The van der Waals surface area contributed by atoms with E-state index < -0.39 is 23.7 Å². The van der Waals surface area contributed by atoms with Crippen molar-refractivity contribution in [3.8, 4) is 11.8 Å². The van der Waals surface area contributed by atoms with E-state index in [1.54, 1.807) is 54.6 Å². The number of carbonyl (C=O) groups excluding carboxylic acids is 2. The molecular weight excluding hydrogens is 499 g/mol. The smallest absolute Gasteiger partial charge is 0.434 e. The van der Waals surface area contributed by atoms with Gasteiger partial charge in [-0.2, -0.15) is 28.5 Å². The van der Waals surface area contributed by atoms with Crippen molar-refractivity contribution >= 4 is 17.7 Å². The molecule has 11 heteroatoms. The number of hydrogen-bond acceptors (Lipinski definition) is 5. The number of carbonyl (C=O) groups is 2. The van der Waals surface area contributed by atoms with Crippen molar-refractivity contribution in [3.05, 3.63) is 114 Å². The maximum atomic E-state index is 13.5. The van der Waals surface area contributed by atoms with Crippen LogP contribution in [0.2, 0.25) is 0 Å². The topological polar surface area (TPSA) is 91.5 Å². The number of rotatable bonds is 5. The first-order valence-electron chi connectivity index (χ1n) is 11.2. The molecule has 0 aliphatic heterocycles. The van der Waals surface area contributed by atoms with Crippen LogP contribution in [0.3, 0.4) is 0 Å². The molecule has 0 radical (unpaired) electrons. The average molecular weight is 519 g/mol. The molecule has 0 aliphatic rings. The van der Waals surface area contributed by atoms with Gasteiger partial charge in [-0.3, -0.25) is 4.79 Å². The maximum Gasteiger partial charge on any atom is 0.434 e. The Morgan fingerprint density at radius 3 is 2.37 bits per heavy atom. The maximum absolute atomic E-state index is 13.5. The van der Waals surface area contributed by atoms with E-state index in [1.807, 2.05) is 6.07 Å². The summed E-state index contributed by atoms with van der Waals surface area (Å²) < 4.78 is 46.9. The minimum atomic E-state index is -4.67. The summed E-state index contributed by atoms with van der Waals surface area (Å²) in [6, 6.07) is 22.4. The molecule has 0 saturated carbocycles. The molecule has 2 amide bonds. The fourth-order valence-corrected chi connectivity index (χ4v) is 3.60. The first-order chi connectivity index (χ1) is 18.2. The Labute approximate surface area is 215 Å². The Balaban J connectivity index is 1.68. The number of anilines is 1. The summed E-state index contributed by atoms with van der Waals surface area (Å²) in [6.45, 7) is -0.166. The summed E-state index contributed by atoms with van der Waals surface area (Å²) in [7, 11) is 1.24. The molecule has 8 nitrogen and oxygen atoms in total. The van der Waals surface area contributed by atoms with Gasteiger partial charge in [0.15, 0.2) is 0 Å². The predicted octanol–water partition coefficient (Wildman–Crippen LogP) is 5.59. The number of alkyl halides is 3. The van der Waals surface area contributed by atoms with E-state index in [9.17, 15) is 22.8 Å². The SMILES string of the molecule is CN(C(=O)c1ccnn1-c1ccc(C#N)cc1)N(C(=O)OCc1ccccc1)c1cccc(C(F)(F)F)c1. The number of nitriles is 1. The van der Waals surface area contributed by atoms with Crippen LogP contribution >= 0.6 is 0 Å². The summed E-state index contributed by atoms with van der Waals surface area (Å²) in [5, 5.41) is 14.8. The Kier molecular flexibility index (Phi) is 7.43. The van der Waals surface area contributed by atoms with Gasteiger partial charge in [0.25, 0.3) is 5.91 Å². The highest BCUT2D eigenvalue weighted by Crippen LogP contribution is 2.32. The Hall–Kier alpha value is -5.11. The van der Waals surface area contributed by atoms with E-state index in [4.69, 9.17) is 10.00 Å². The normalized spacial score (nSPS) is 10.9. The molecule has 1 aromatic heterocycles. The van der Waals surface area contributed by atoms with Gasteiger partial charge in [-0.1, -0.05) is 36.4 Å². The third-order valence-electron chi connectivity index (χ3n) is 5.49. The summed E-state index contributed by atoms with van der Waals surface area (Å²) in [5.74, 6) is -0.749. The van der Waals surface area contributed by atoms with Gasteiger partial charge in [0, 0.05) is 7.05 Å². The molecule has 0 N–H and O–H groups in total. The van der Waals surface area contributed by atoms with E-state index >= 15 is 0 Å². The molecular formula is C27H20F3N5O3. The van der Waals surface area contributed by atoms with Crippen LogP contribution < -0.4 is 5.01 Å². The lowest BCUT2D eigenvalue weighted by molar-refractivity contribution is -0.137. The molecule has 0 unspecified atom stereocenters. The van der Waals surface area contributed by atoms with Crippen LogP contribution in [0, 0.1) is 11.3 Å². The van der Waals surface area contributed by atoms with Crippen LogP contribution in [0.15, 0.2) is 91.1 Å². The fourth-order valence-electron chi connectivity index (χ4n) is 3.60. The van der Waals surface area contributed by atoms with Crippen molar-refractivity contribution in [2.75, 3.05) is 12.1 Å². The Morgan fingerprint density at radius 1 is 1.00 bits per heavy atom. The van der Waals surface area contributed by atoms with Gasteiger partial charge < -0.3 is 4.74 Å².